The second-order valence-corrected chi connectivity index (χ2v) is 9.19. The number of rotatable bonds is 15. The van der Waals surface area contributed by atoms with Crippen molar-refractivity contribution in [2.45, 2.75) is 89.7 Å². The number of alkyl halides is 11. The van der Waals surface area contributed by atoms with E-state index in [-0.39, 0.29) is 0 Å². The van der Waals surface area contributed by atoms with Crippen LogP contribution in [0.5, 0.6) is 0 Å². The van der Waals surface area contributed by atoms with Crippen molar-refractivity contribution < 1.29 is 65.7 Å². The first-order valence-electron chi connectivity index (χ1n) is 10.7. The highest BCUT2D eigenvalue weighted by Crippen LogP contribution is 2.29. The van der Waals surface area contributed by atoms with Gasteiger partial charge >= 0.3 is 0 Å². The van der Waals surface area contributed by atoms with E-state index in [0.29, 0.717) is 0 Å². The fourth-order valence-corrected chi connectivity index (χ4v) is 3.59. The second-order valence-electron chi connectivity index (χ2n) is 7.74. The maximum Gasteiger partial charge on any atom is 0.272 e. The Morgan fingerprint density at radius 3 is 1.00 bits per heavy atom. The maximum absolute atomic E-state index is 13.3. The smallest absolute Gasteiger partial charge is 0.272 e. The van der Waals surface area contributed by atoms with Crippen LogP contribution in [0.2, 0.25) is 0 Å². The molecule has 0 aliphatic carbocycles. The topological polar surface area (TPSA) is 57.2 Å². The van der Waals surface area contributed by atoms with Crippen LogP contribution < -0.4 is 0 Å². The number of quaternary nitrogens is 1. The molecule has 0 fully saturated rings. The molecule has 0 bridgehead atoms. The van der Waals surface area contributed by atoms with Crippen LogP contribution in [-0.2, 0) is 10.1 Å². The molecule has 0 aliphatic heterocycles. The van der Waals surface area contributed by atoms with Crippen LogP contribution in [0, 0.1) is 0 Å². The van der Waals surface area contributed by atoms with E-state index in [1.165, 1.54) is 30.7 Å². The minimum Gasteiger partial charge on any atom is -0.748 e. The van der Waals surface area contributed by atoms with Gasteiger partial charge in [0.2, 0.25) is 0 Å². The van der Waals surface area contributed by atoms with E-state index in [1.54, 1.807) is 0 Å². The van der Waals surface area contributed by atoms with E-state index < -0.39 is 77.8 Å². The molecule has 0 amide bonds. The normalized spacial score (nSPS) is 20.6. The fraction of sp³-hybridized carbons (Fsp3) is 1.00. The summed E-state index contributed by atoms with van der Waals surface area (Å²) in [5.74, 6) is -2.19. The van der Waals surface area contributed by atoms with Gasteiger partial charge < -0.3 is 9.04 Å². The van der Waals surface area contributed by atoms with E-state index in [1.807, 2.05) is 0 Å². The minimum absolute atomic E-state index is 1.28. The first-order chi connectivity index (χ1) is 15.9. The molecule has 0 rings (SSSR count). The molecule has 0 N–H and O–H groups in total. The van der Waals surface area contributed by atoms with E-state index in [9.17, 15) is 61.3 Å². The third-order valence-corrected chi connectivity index (χ3v) is 6.49. The fourth-order valence-electron chi connectivity index (χ4n) is 3.02. The summed E-state index contributed by atoms with van der Waals surface area (Å²) in [6, 6.07) is 0. The molecular formula is C19H32F11NO3S. The molecular weight excluding hydrogens is 531 g/mol. The molecule has 0 aliphatic rings. The average Bonchev–Trinajstić information content (AvgIpc) is 2.81. The molecule has 214 valence electrons. The predicted octanol–water partition coefficient (Wildman–Crippen LogP) is 4.72. The molecule has 0 heterocycles. The van der Waals surface area contributed by atoms with Crippen LogP contribution in [0.3, 0.4) is 0 Å². The van der Waals surface area contributed by atoms with E-state index >= 15 is 0 Å². The van der Waals surface area contributed by atoms with Crippen LogP contribution in [0.1, 0.15) is 27.7 Å². The standard InChI is InChI=1S/C11H13F11O3S.C8H20N/c12-2(1-26(23,24)25)3(13)4(14)5(15)6(16)7(17)8(18)9(19)10(20)11(21)22;1-5-9(6-2,7-3)8-4/h2-11H,1H2,(H,23,24,25);5-8H2,1-4H3/q;+1/p-1. The monoisotopic (exact) mass is 563 g/mol. The van der Waals surface area contributed by atoms with Gasteiger partial charge in [-0.15, -0.1) is 0 Å². The van der Waals surface area contributed by atoms with Crippen LogP contribution >= 0.6 is 0 Å². The minimum atomic E-state index is -5.45. The highest BCUT2D eigenvalue weighted by molar-refractivity contribution is 7.85. The van der Waals surface area contributed by atoms with E-state index in [4.69, 9.17) is 0 Å². The van der Waals surface area contributed by atoms with Crippen molar-refractivity contribution in [2.24, 2.45) is 0 Å². The summed E-state index contributed by atoms with van der Waals surface area (Å²) in [4.78, 5) is 0. The summed E-state index contributed by atoms with van der Waals surface area (Å²) in [5.41, 5.74) is 0. The summed E-state index contributed by atoms with van der Waals surface area (Å²) in [5, 5.41) is 0. The van der Waals surface area contributed by atoms with Gasteiger partial charge in [-0.05, 0) is 27.7 Å². The zero-order chi connectivity index (χ0) is 28.3. The Hall–Kier alpha value is -0.900. The second kappa shape index (κ2) is 16.0. The van der Waals surface area contributed by atoms with Gasteiger partial charge in [0.1, 0.15) is 6.17 Å². The van der Waals surface area contributed by atoms with Crippen molar-refractivity contribution in [2.75, 3.05) is 31.9 Å². The average molecular weight is 564 g/mol. The van der Waals surface area contributed by atoms with Gasteiger partial charge in [0.05, 0.1) is 42.1 Å². The number of hydrogen-bond donors (Lipinski definition) is 0. The SMILES string of the molecule is CC[N+](CC)(CC)CC.O=S(=O)([O-])CC(F)C(F)C(F)C(F)C(F)C(F)C(F)C(F)C(F)C(F)F. The number of nitrogens with zero attached hydrogens (tertiary/aromatic N) is 1. The van der Waals surface area contributed by atoms with Gasteiger partial charge in [-0.1, -0.05) is 0 Å². The lowest BCUT2D eigenvalue weighted by molar-refractivity contribution is -0.921. The molecule has 9 atom stereocenters. The molecule has 0 saturated heterocycles. The van der Waals surface area contributed by atoms with Crippen LogP contribution in [0.25, 0.3) is 0 Å². The largest absolute Gasteiger partial charge is 0.748 e. The first-order valence-corrected chi connectivity index (χ1v) is 12.3. The Morgan fingerprint density at radius 2 is 0.800 bits per heavy atom. The Kier molecular flexibility index (Phi) is 16.6. The predicted molar refractivity (Wildman–Crippen MR) is 107 cm³/mol. The van der Waals surface area contributed by atoms with Crippen LogP contribution in [0.4, 0.5) is 48.3 Å². The lowest BCUT2D eigenvalue weighted by atomic mass is 9.97. The molecule has 4 nitrogen and oxygen atoms in total. The Balaban J connectivity index is 0. The summed E-state index contributed by atoms with van der Waals surface area (Å²) in [7, 11) is -5.45. The summed E-state index contributed by atoms with van der Waals surface area (Å²) < 4.78 is 173. The summed E-state index contributed by atoms with van der Waals surface area (Å²) in [6.45, 7) is 14.2. The van der Waals surface area contributed by atoms with Gasteiger partial charge in [-0.3, -0.25) is 0 Å². The molecule has 0 saturated carbocycles. The Labute approximate surface area is 198 Å². The molecule has 16 heteroatoms. The molecule has 0 radical (unpaired) electrons. The van der Waals surface area contributed by atoms with Crippen LogP contribution in [-0.4, -0.2) is 111 Å². The Bertz CT molecular complexity index is 655. The lowest BCUT2D eigenvalue weighted by Gasteiger charge is -2.34. The third-order valence-electron chi connectivity index (χ3n) is 5.76. The molecule has 0 spiro atoms. The van der Waals surface area contributed by atoms with Gasteiger partial charge in [-0.25, -0.2) is 56.7 Å². The van der Waals surface area contributed by atoms with Gasteiger partial charge in [0.25, 0.3) is 6.43 Å². The van der Waals surface area contributed by atoms with Gasteiger partial charge in [-0.2, -0.15) is 0 Å². The van der Waals surface area contributed by atoms with Gasteiger partial charge in [0.15, 0.2) is 49.4 Å². The first kappa shape index (κ1) is 36.3. The van der Waals surface area contributed by atoms with Crippen LogP contribution in [0.15, 0.2) is 0 Å². The van der Waals surface area contributed by atoms with Gasteiger partial charge in [0, 0.05) is 0 Å². The number of hydrogen-bond acceptors (Lipinski definition) is 3. The summed E-state index contributed by atoms with van der Waals surface area (Å²) in [6.07, 6.45) is -39.6. The highest BCUT2D eigenvalue weighted by atomic mass is 32.2. The maximum atomic E-state index is 13.3. The number of halogens is 11. The highest BCUT2D eigenvalue weighted by Gasteiger charge is 2.49. The molecule has 9 unspecified atom stereocenters. The van der Waals surface area contributed by atoms with Crippen molar-refractivity contribution in [3.05, 3.63) is 0 Å². The Morgan fingerprint density at radius 1 is 0.543 bits per heavy atom. The van der Waals surface area contributed by atoms with Crippen molar-refractivity contribution in [3.8, 4) is 0 Å². The van der Waals surface area contributed by atoms with E-state index in [0.717, 1.165) is 0 Å². The summed E-state index contributed by atoms with van der Waals surface area (Å²) >= 11 is 0. The van der Waals surface area contributed by atoms with Crippen molar-refractivity contribution >= 4 is 10.1 Å². The zero-order valence-corrected chi connectivity index (χ0v) is 20.4. The zero-order valence-electron chi connectivity index (χ0n) is 19.5. The van der Waals surface area contributed by atoms with Crippen molar-refractivity contribution in [1.29, 1.82) is 0 Å². The third kappa shape index (κ3) is 11.8. The molecule has 35 heavy (non-hydrogen) atoms. The van der Waals surface area contributed by atoms with Crippen molar-refractivity contribution in [3.63, 3.8) is 0 Å². The van der Waals surface area contributed by atoms with Crippen molar-refractivity contribution in [1.82, 2.24) is 0 Å². The van der Waals surface area contributed by atoms with E-state index in [2.05, 4.69) is 27.7 Å². The molecule has 0 aromatic rings. The molecule has 0 aromatic heterocycles. The quantitative estimate of drug-likeness (QED) is 0.165. The lowest BCUT2D eigenvalue weighted by Crippen LogP contribution is -2.49. The molecule has 0 aromatic carbocycles.